The molecule has 0 bridgehead atoms. The first-order valence-electron chi connectivity index (χ1n) is 16.6. The first-order valence-corrected chi connectivity index (χ1v) is 16.6. The Kier molecular flexibility index (Phi) is 11.3. The summed E-state index contributed by atoms with van der Waals surface area (Å²) in [5.74, 6) is 4.63. The standard InChI is InChI=1S/C22H26N6O.C16H15N5/c1-15-3-5-17(6-4-15)7-8-19-24-20(25-21-13-16(2)27-28-21)14-22(26-19)29-18-9-11-23-12-10-18;1-12-11-16(21-20-12)19-15-9-10-17-14(18-15)8-7-13-5-3-2-4-6-13/h3-8,13-14,18,23H,9-12H2,1-2H3,(H2,24,25,26,27,28);2-11H,1H3,(H2,17,18,19,20,21)/b2*8-7+. The number of aromatic nitrogens is 8. The number of aromatic amines is 2. The molecule has 7 rings (SSSR count). The lowest BCUT2D eigenvalue weighted by Crippen LogP contribution is -2.34. The maximum absolute atomic E-state index is 6.15. The van der Waals surface area contributed by atoms with Gasteiger partial charge in [-0.1, -0.05) is 72.3 Å². The van der Waals surface area contributed by atoms with E-state index in [-0.39, 0.29) is 6.10 Å². The fraction of sp³-hybridized carbons (Fsp3) is 0.211. The predicted octanol–water partition coefficient (Wildman–Crippen LogP) is 7.28. The molecule has 1 fully saturated rings. The molecule has 12 nitrogen and oxygen atoms in total. The zero-order chi connectivity index (χ0) is 34.5. The highest BCUT2D eigenvalue weighted by atomic mass is 16.5. The molecular formula is C38H41N11O. The molecule has 0 amide bonds. The summed E-state index contributed by atoms with van der Waals surface area (Å²) in [6.45, 7) is 7.92. The van der Waals surface area contributed by atoms with Crippen LogP contribution in [0.25, 0.3) is 24.3 Å². The normalized spacial score (nSPS) is 13.3. The Labute approximate surface area is 291 Å². The van der Waals surface area contributed by atoms with E-state index in [1.54, 1.807) is 6.20 Å². The Morgan fingerprint density at radius 2 is 1.26 bits per heavy atom. The van der Waals surface area contributed by atoms with E-state index in [0.29, 0.717) is 35.0 Å². The molecule has 4 aromatic heterocycles. The molecule has 0 unspecified atom stereocenters. The molecule has 0 spiro atoms. The van der Waals surface area contributed by atoms with E-state index in [4.69, 9.17) is 4.74 Å². The van der Waals surface area contributed by atoms with Gasteiger partial charge in [0.2, 0.25) is 5.88 Å². The van der Waals surface area contributed by atoms with Crippen molar-refractivity contribution in [1.29, 1.82) is 0 Å². The van der Waals surface area contributed by atoms with Crippen LogP contribution in [0.4, 0.5) is 23.3 Å². The third kappa shape index (κ3) is 10.4. The van der Waals surface area contributed by atoms with E-state index in [0.717, 1.165) is 54.3 Å². The number of ether oxygens (including phenoxy) is 1. The Morgan fingerprint density at radius 1 is 0.640 bits per heavy atom. The number of nitrogens with one attached hydrogen (secondary N) is 5. The molecule has 1 aliphatic rings. The van der Waals surface area contributed by atoms with Crippen LogP contribution in [-0.2, 0) is 0 Å². The van der Waals surface area contributed by atoms with Gasteiger partial charge in [-0.25, -0.2) is 15.0 Å². The first kappa shape index (κ1) is 33.7. The molecule has 0 radical (unpaired) electrons. The molecule has 2 aromatic carbocycles. The quantitative estimate of drug-likeness (QED) is 0.101. The minimum Gasteiger partial charge on any atom is -0.474 e. The third-order valence-electron chi connectivity index (χ3n) is 7.62. The van der Waals surface area contributed by atoms with Crippen molar-refractivity contribution in [2.75, 3.05) is 23.7 Å². The number of hydrogen-bond acceptors (Lipinski definition) is 10. The van der Waals surface area contributed by atoms with Gasteiger partial charge in [0, 0.05) is 35.8 Å². The van der Waals surface area contributed by atoms with E-state index in [9.17, 15) is 0 Å². The fourth-order valence-corrected chi connectivity index (χ4v) is 5.06. The van der Waals surface area contributed by atoms with Gasteiger partial charge in [-0.2, -0.15) is 15.2 Å². The Hall–Kier alpha value is -6.14. The summed E-state index contributed by atoms with van der Waals surface area (Å²) in [5, 5.41) is 23.9. The Bertz CT molecular complexity index is 2010. The van der Waals surface area contributed by atoms with Crippen molar-refractivity contribution in [2.24, 2.45) is 0 Å². The number of rotatable bonds is 10. The number of benzene rings is 2. The van der Waals surface area contributed by atoms with E-state index in [1.807, 2.05) is 92.7 Å². The maximum atomic E-state index is 6.15. The second-order valence-electron chi connectivity index (χ2n) is 11.9. The van der Waals surface area contributed by atoms with Crippen LogP contribution in [0.2, 0.25) is 0 Å². The van der Waals surface area contributed by atoms with E-state index in [2.05, 4.69) is 87.5 Å². The zero-order valence-electron chi connectivity index (χ0n) is 28.4. The van der Waals surface area contributed by atoms with Crippen LogP contribution in [0, 0.1) is 20.8 Å². The second kappa shape index (κ2) is 16.8. The highest BCUT2D eigenvalue weighted by molar-refractivity contribution is 5.68. The minimum atomic E-state index is 0.167. The van der Waals surface area contributed by atoms with E-state index >= 15 is 0 Å². The molecule has 1 saturated heterocycles. The van der Waals surface area contributed by atoms with Gasteiger partial charge in [0.15, 0.2) is 23.3 Å². The Balaban J connectivity index is 0.000000182. The number of nitrogens with zero attached hydrogens (tertiary/aromatic N) is 6. The van der Waals surface area contributed by atoms with Crippen LogP contribution in [0.3, 0.4) is 0 Å². The smallest absolute Gasteiger partial charge is 0.219 e. The minimum absolute atomic E-state index is 0.167. The monoisotopic (exact) mass is 667 g/mol. The highest BCUT2D eigenvalue weighted by Gasteiger charge is 2.16. The summed E-state index contributed by atoms with van der Waals surface area (Å²) >= 11 is 0. The molecule has 50 heavy (non-hydrogen) atoms. The fourth-order valence-electron chi connectivity index (χ4n) is 5.06. The lowest BCUT2D eigenvalue weighted by atomic mass is 10.1. The summed E-state index contributed by atoms with van der Waals surface area (Å²) in [7, 11) is 0. The van der Waals surface area contributed by atoms with Crippen LogP contribution < -0.4 is 20.7 Å². The average molecular weight is 668 g/mol. The maximum Gasteiger partial charge on any atom is 0.219 e. The molecule has 12 heteroatoms. The molecule has 5 N–H and O–H groups in total. The van der Waals surface area contributed by atoms with Crippen molar-refractivity contribution in [3.8, 4) is 5.88 Å². The molecule has 5 heterocycles. The second-order valence-corrected chi connectivity index (χ2v) is 11.9. The summed E-state index contributed by atoms with van der Waals surface area (Å²) in [4.78, 5) is 17.9. The number of hydrogen-bond donors (Lipinski definition) is 5. The van der Waals surface area contributed by atoms with Crippen LogP contribution in [0.5, 0.6) is 5.88 Å². The van der Waals surface area contributed by atoms with Gasteiger partial charge in [0.05, 0.1) is 0 Å². The summed E-state index contributed by atoms with van der Waals surface area (Å²) < 4.78 is 6.15. The molecule has 254 valence electrons. The lowest BCUT2D eigenvalue weighted by molar-refractivity contribution is 0.155. The number of H-pyrrole nitrogens is 2. The van der Waals surface area contributed by atoms with Crippen LogP contribution in [0.1, 0.15) is 52.6 Å². The van der Waals surface area contributed by atoms with Crippen molar-refractivity contribution in [2.45, 2.75) is 39.7 Å². The molecule has 6 aromatic rings. The van der Waals surface area contributed by atoms with Crippen molar-refractivity contribution in [1.82, 2.24) is 45.6 Å². The predicted molar refractivity (Wildman–Crippen MR) is 199 cm³/mol. The van der Waals surface area contributed by atoms with E-state index in [1.165, 1.54) is 5.56 Å². The van der Waals surface area contributed by atoms with Crippen molar-refractivity contribution >= 4 is 47.6 Å². The van der Waals surface area contributed by atoms with Crippen LogP contribution in [-0.4, -0.2) is 59.5 Å². The van der Waals surface area contributed by atoms with Crippen molar-refractivity contribution in [3.63, 3.8) is 0 Å². The largest absolute Gasteiger partial charge is 0.474 e. The number of piperidine rings is 1. The Morgan fingerprint density at radius 3 is 1.92 bits per heavy atom. The molecule has 0 atom stereocenters. The van der Waals surface area contributed by atoms with Gasteiger partial charge >= 0.3 is 0 Å². The first-order chi connectivity index (χ1) is 24.4. The molecule has 1 aliphatic heterocycles. The molecule has 0 aliphatic carbocycles. The van der Waals surface area contributed by atoms with Gasteiger partial charge in [0.25, 0.3) is 0 Å². The number of anilines is 4. The summed E-state index contributed by atoms with van der Waals surface area (Å²) in [5.41, 5.74) is 5.42. The van der Waals surface area contributed by atoms with Gasteiger partial charge in [-0.3, -0.25) is 10.2 Å². The molecule has 0 saturated carbocycles. The van der Waals surface area contributed by atoms with Gasteiger partial charge in [-0.15, -0.1) is 0 Å². The van der Waals surface area contributed by atoms with Gasteiger partial charge in [-0.05, 0) is 76.0 Å². The summed E-state index contributed by atoms with van der Waals surface area (Å²) in [6, 6.07) is 25.9. The van der Waals surface area contributed by atoms with Gasteiger partial charge in [0.1, 0.15) is 17.7 Å². The lowest BCUT2D eigenvalue weighted by Gasteiger charge is -2.23. The SMILES string of the molecule is Cc1cc(Nc2ccnc(/C=C/c3ccccc3)n2)n[nH]1.Cc1ccc(/C=C/c2nc(Nc3cc(C)[nH]n3)cc(OC3CCNCC3)n2)cc1. The zero-order valence-corrected chi connectivity index (χ0v) is 28.4. The third-order valence-corrected chi connectivity index (χ3v) is 7.62. The van der Waals surface area contributed by atoms with Crippen molar-refractivity contribution in [3.05, 3.63) is 125 Å². The number of aryl methyl sites for hydroxylation is 3. The van der Waals surface area contributed by atoms with Crippen LogP contribution >= 0.6 is 0 Å². The van der Waals surface area contributed by atoms with E-state index < -0.39 is 0 Å². The van der Waals surface area contributed by atoms with Crippen molar-refractivity contribution < 1.29 is 4.74 Å². The van der Waals surface area contributed by atoms with Crippen LogP contribution in [0.15, 0.2) is 85.1 Å². The topological polar surface area (TPSA) is 154 Å². The molecular weight excluding hydrogens is 626 g/mol. The van der Waals surface area contributed by atoms with Gasteiger partial charge < -0.3 is 20.7 Å². The average Bonchev–Trinajstić information content (AvgIpc) is 3.74. The highest BCUT2D eigenvalue weighted by Crippen LogP contribution is 2.22. The summed E-state index contributed by atoms with van der Waals surface area (Å²) in [6.07, 6.45) is 11.6.